The first-order valence-electron chi connectivity index (χ1n) is 7.10. The fraction of sp³-hybridized carbons (Fsp3) is 0.625. The molecule has 0 heterocycles. The van der Waals surface area contributed by atoms with Crippen LogP contribution in [0.4, 0.5) is 0 Å². The largest absolute Gasteiger partial charge is 0.313 e. The molecule has 2 fully saturated rings. The van der Waals surface area contributed by atoms with Crippen LogP contribution in [0.25, 0.3) is 0 Å². The lowest BCUT2D eigenvalue weighted by Gasteiger charge is -2.54. The molecule has 0 spiro atoms. The maximum absolute atomic E-state index is 6.44. The normalized spacial score (nSPS) is 24.0. The Morgan fingerprint density at radius 2 is 1.74 bits per heavy atom. The molecule has 1 N–H and O–H groups in total. The molecule has 0 radical (unpaired) electrons. The number of benzene rings is 1. The second-order valence-corrected chi connectivity index (χ2v) is 7.86. The van der Waals surface area contributed by atoms with Crippen molar-refractivity contribution in [3.63, 3.8) is 0 Å². The summed E-state index contributed by atoms with van der Waals surface area (Å²) >= 11 is 12.9. The van der Waals surface area contributed by atoms with Crippen molar-refractivity contribution in [2.24, 2.45) is 5.41 Å². The van der Waals surface area contributed by atoms with Gasteiger partial charge in [-0.15, -0.1) is 0 Å². The van der Waals surface area contributed by atoms with Crippen LogP contribution in [0.15, 0.2) is 18.2 Å². The zero-order valence-electron chi connectivity index (χ0n) is 11.6. The molecule has 1 nitrogen and oxygen atoms in total. The minimum atomic E-state index is 0.127. The average molecular weight is 298 g/mol. The molecule has 0 aliphatic heterocycles. The van der Waals surface area contributed by atoms with Gasteiger partial charge >= 0.3 is 0 Å². The van der Waals surface area contributed by atoms with Gasteiger partial charge in [0.25, 0.3) is 0 Å². The third-order valence-electron chi connectivity index (χ3n) is 4.43. The van der Waals surface area contributed by atoms with Gasteiger partial charge in [0.15, 0.2) is 0 Å². The lowest BCUT2D eigenvalue weighted by molar-refractivity contribution is 0.0561. The number of nitrogens with one attached hydrogen (secondary N) is 1. The van der Waals surface area contributed by atoms with Crippen molar-refractivity contribution < 1.29 is 0 Å². The molecule has 2 aliphatic carbocycles. The Bertz CT molecular complexity index is 463. The average Bonchev–Trinajstić information content (AvgIpc) is 3.07. The molecule has 104 valence electrons. The van der Waals surface area contributed by atoms with E-state index in [-0.39, 0.29) is 5.41 Å². The smallest absolute Gasteiger partial charge is 0.0459 e. The highest BCUT2D eigenvalue weighted by molar-refractivity contribution is 6.36. The summed E-state index contributed by atoms with van der Waals surface area (Å²) in [5, 5.41) is 5.31. The summed E-state index contributed by atoms with van der Waals surface area (Å²) in [5.41, 5.74) is 1.68. The first kappa shape index (κ1) is 13.7. The van der Waals surface area contributed by atoms with Gasteiger partial charge in [-0.2, -0.15) is 0 Å². The molecule has 3 rings (SSSR count). The van der Waals surface area contributed by atoms with Gasteiger partial charge in [0, 0.05) is 28.0 Å². The van der Waals surface area contributed by atoms with Gasteiger partial charge in [-0.25, -0.2) is 0 Å². The van der Waals surface area contributed by atoms with Gasteiger partial charge < -0.3 is 5.32 Å². The van der Waals surface area contributed by atoms with E-state index in [1.165, 1.54) is 12.8 Å². The minimum absolute atomic E-state index is 0.127. The number of hydrogen-bond donors (Lipinski definition) is 1. The lowest BCUT2D eigenvalue weighted by atomic mass is 9.52. The van der Waals surface area contributed by atoms with Crippen molar-refractivity contribution in [3.8, 4) is 0 Å². The Morgan fingerprint density at radius 1 is 1.16 bits per heavy atom. The zero-order valence-corrected chi connectivity index (χ0v) is 13.1. The molecule has 0 saturated heterocycles. The molecule has 3 heteroatoms. The van der Waals surface area contributed by atoms with E-state index < -0.39 is 0 Å². The third-order valence-corrected chi connectivity index (χ3v) is 5.06. The predicted molar refractivity (Wildman–Crippen MR) is 82.2 cm³/mol. The molecular formula is C16H21Cl2N. The Hall–Kier alpha value is -0.240. The van der Waals surface area contributed by atoms with E-state index in [0.717, 1.165) is 41.0 Å². The summed E-state index contributed by atoms with van der Waals surface area (Å²) < 4.78 is 0. The monoisotopic (exact) mass is 297 g/mol. The summed E-state index contributed by atoms with van der Waals surface area (Å²) in [6, 6.07) is 6.58. The van der Waals surface area contributed by atoms with Gasteiger partial charge in [0.2, 0.25) is 0 Å². The molecule has 0 unspecified atom stereocenters. The van der Waals surface area contributed by atoms with Crippen LogP contribution < -0.4 is 5.32 Å². The highest BCUT2D eigenvalue weighted by atomic mass is 35.5. The summed E-state index contributed by atoms with van der Waals surface area (Å²) in [7, 11) is 0. The molecule has 2 aliphatic rings. The quantitative estimate of drug-likeness (QED) is 0.841. The van der Waals surface area contributed by atoms with Crippen molar-refractivity contribution in [1.82, 2.24) is 5.32 Å². The second kappa shape index (κ2) is 4.65. The summed E-state index contributed by atoms with van der Waals surface area (Å²) in [4.78, 5) is 0. The van der Waals surface area contributed by atoms with Crippen LogP contribution in [0.2, 0.25) is 10.0 Å². The number of rotatable bonds is 4. The van der Waals surface area contributed by atoms with E-state index in [1.54, 1.807) is 0 Å². The topological polar surface area (TPSA) is 12.0 Å². The molecule has 0 aromatic heterocycles. The summed E-state index contributed by atoms with van der Waals surface area (Å²) in [6.07, 6.45) is 4.94. The Kier molecular flexibility index (Phi) is 3.36. The maximum Gasteiger partial charge on any atom is 0.0459 e. The van der Waals surface area contributed by atoms with Crippen LogP contribution in [0.3, 0.4) is 0 Å². The van der Waals surface area contributed by atoms with Crippen LogP contribution in [0, 0.1) is 5.41 Å². The first-order valence-corrected chi connectivity index (χ1v) is 7.85. The van der Waals surface area contributed by atoms with E-state index in [9.17, 15) is 0 Å². The highest BCUT2D eigenvalue weighted by Gasteiger charge is 2.51. The van der Waals surface area contributed by atoms with Gasteiger partial charge in [0.1, 0.15) is 0 Å². The fourth-order valence-corrected chi connectivity index (χ4v) is 4.60. The maximum atomic E-state index is 6.44. The van der Waals surface area contributed by atoms with Gasteiger partial charge in [-0.05, 0) is 48.8 Å². The van der Waals surface area contributed by atoms with Crippen molar-refractivity contribution in [1.29, 1.82) is 0 Å². The Morgan fingerprint density at radius 3 is 2.21 bits per heavy atom. The van der Waals surface area contributed by atoms with Crippen molar-refractivity contribution >= 4 is 23.2 Å². The van der Waals surface area contributed by atoms with E-state index in [0.29, 0.717) is 5.41 Å². The second-order valence-electron chi connectivity index (χ2n) is 7.05. The van der Waals surface area contributed by atoms with Gasteiger partial charge in [-0.1, -0.05) is 43.1 Å². The predicted octanol–water partition coefficient (Wildman–Crippen LogP) is 4.80. The van der Waals surface area contributed by atoms with Crippen LogP contribution in [0.1, 0.15) is 45.1 Å². The van der Waals surface area contributed by atoms with Gasteiger partial charge in [-0.3, -0.25) is 0 Å². The van der Waals surface area contributed by atoms with Crippen molar-refractivity contribution in [2.45, 2.75) is 51.0 Å². The third kappa shape index (κ3) is 2.66. The van der Waals surface area contributed by atoms with E-state index in [4.69, 9.17) is 23.2 Å². The molecule has 0 bridgehead atoms. The zero-order chi connectivity index (χ0) is 13.7. The van der Waals surface area contributed by atoms with Crippen LogP contribution in [0.5, 0.6) is 0 Å². The highest BCUT2D eigenvalue weighted by Crippen LogP contribution is 2.57. The summed E-state index contributed by atoms with van der Waals surface area (Å²) in [6.45, 7) is 5.66. The van der Waals surface area contributed by atoms with E-state index in [2.05, 4.69) is 19.2 Å². The molecule has 0 atom stereocenters. The molecule has 1 aromatic rings. The molecule has 2 saturated carbocycles. The number of halogens is 2. The standard InChI is InChI=1S/C16H21Cl2N/c1-15(2)8-16(9-15,10-19-11-6-7-11)14-12(17)4-3-5-13(14)18/h3-5,11,19H,6-10H2,1-2H3. The molecule has 1 aromatic carbocycles. The first-order chi connectivity index (χ1) is 8.92. The Balaban J connectivity index is 1.90. The van der Waals surface area contributed by atoms with Crippen LogP contribution in [-0.4, -0.2) is 12.6 Å². The molecular weight excluding hydrogens is 277 g/mol. The van der Waals surface area contributed by atoms with Crippen molar-refractivity contribution in [2.75, 3.05) is 6.54 Å². The summed E-state index contributed by atoms with van der Waals surface area (Å²) in [5.74, 6) is 0. The lowest BCUT2D eigenvalue weighted by Crippen LogP contribution is -2.53. The van der Waals surface area contributed by atoms with Crippen molar-refractivity contribution in [3.05, 3.63) is 33.8 Å². The SMILES string of the molecule is CC1(C)CC(CNC2CC2)(c2c(Cl)cccc2Cl)C1. The van der Waals surface area contributed by atoms with E-state index >= 15 is 0 Å². The van der Waals surface area contributed by atoms with Crippen LogP contribution >= 0.6 is 23.2 Å². The molecule has 0 amide bonds. The van der Waals surface area contributed by atoms with Crippen LogP contribution in [-0.2, 0) is 5.41 Å². The Labute approximate surface area is 125 Å². The number of hydrogen-bond acceptors (Lipinski definition) is 1. The van der Waals surface area contributed by atoms with Gasteiger partial charge in [0.05, 0.1) is 0 Å². The minimum Gasteiger partial charge on any atom is -0.313 e. The fourth-order valence-electron chi connectivity index (χ4n) is 3.80. The van der Waals surface area contributed by atoms with E-state index in [1.807, 2.05) is 18.2 Å². The molecule has 19 heavy (non-hydrogen) atoms.